The molecule has 6 heteroatoms. The van der Waals surface area contributed by atoms with E-state index in [-0.39, 0.29) is 6.42 Å². The van der Waals surface area contributed by atoms with E-state index >= 15 is 0 Å². The summed E-state index contributed by atoms with van der Waals surface area (Å²) in [6.45, 7) is 1.54. The fraction of sp³-hybridized carbons (Fsp3) is 0.500. The summed E-state index contributed by atoms with van der Waals surface area (Å²) in [6.07, 6.45) is 0.594. The number of ether oxygens (including phenoxy) is 1. The predicted octanol–water partition coefficient (Wildman–Crippen LogP) is 1.40. The molecule has 2 heterocycles. The van der Waals surface area contributed by atoms with E-state index in [1.165, 1.54) is 0 Å². The summed E-state index contributed by atoms with van der Waals surface area (Å²) in [6, 6.07) is 3.38. The minimum Gasteiger partial charge on any atom is -0.493 e. The van der Waals surface area contributed by atoms with Crippen molar-refractivity contribution in [2.24, 2.45) is 0 Å². The molecule has 2 atom stereocenters. The number of likely N-dealkylation sites (tertiary alicyclic amines) is 1. The SMILES string of the molecule is O=C(O)C1CC(O)CN1Cc1cc(Br)cc2c1OCC2. The number of rotatable bonds is 3. The number of aliphatic carboxylic acids is 1. The number of hydrogen-bond donors (Lipinski definition) is 2. The van der Waals surface area contributed by atoms with Crippen LogP contribution in [-0.4, -0.2) is 46.4 Å². The summed E-state index contributed by atoms with van der Waals surface area (Å²) in [5.41, 5.74) is 2.13. The summed E-state index contributed by atoms with van der Waals surface area (Å²) in [7, 11) is 0. The van der Waals surface area contributed by atoms with Gasteiger partial charge in [0.2, 0.25) is 0 Å². The Morgan fingerprint density at radius 2 is 2.30 bits per heavy atom. The average Bonchev–Trinajstić information content (AvgIpc) is 2.95. The summed E-state index contributed by atoms with van der Waals surface area (Å²) >= 11 is 3.48. The highest BCUT2D eigenvalue weighted by molar-refractivity contribution is 9.10. The van der Waals surface area contributed by atoms with Gasteiger partial charge in [-0.25, -0.2) is 0 Å². The third-order valence-electron chi connectivity index (χ3n) is 3.87. The van der Waals surface area contributed by atoms with Gasteiger partial charge in [0, 0.05) is 36.0 Å². The van der Waals surface area contributed by atoms with Crippen LogP contribution in [0.4, 0.5) is 0 Å². The zero-order valence-corrected chi connectivity index (χ0v) is 12.5. The maximum absolute atomic E-state index is 11.3. The van der Waals surface area contributed by atoms with Gasteiger partial charge in [-0.05, 0) is 17.7 Å². The highest BCUT2D eigenvalue weighted by Crippen LogP contribution is 2.35. The van der Waals surface area contributed by atoms with Gasteiger partial charge in [-0.15, -0.1) is 0 Å². The first-order valence-electron chi connectivity index (χ1n) is 6.63. The second-order valence-corrected chi connectivity index (χ2v) is 6.24. The molecule has 0 aromatic heterocycles. The number of hydrogen-bond acceptors (Lipinski definition) is 4. The number of halogens is 1. The molecule has 3 rings (SSSR count). The molecule has 0 saturated carbocycles. The number of β-amino-alcohol motifs (C(OH)–C–C–N with tert-alkyl or cyclic N) is 1. The number of fused-ring (bicyclic) bond motifs is 1. The summed E-state index contributed by atoms with van der Waals surface area (Å²) in [5, 5.41) is 18.9. The van der Waals surface area contributed by atoms with Crippen LogP contribution in [0.3, 0.4) is 0 Å². The van der Waals surface area contributed by atoms with Gasteiger partial charge in [0.1, 0.15) is 11.8 Å². The molecule has 1 aromatic rings. The van der Waals surface area contributed by atoms with Gasteiger partial charge >= 0.3 is 5.97 Å². The molecule has 0 amide bonds. The topological polar surface area (TPSA) is 70.0 Å². The maximum Gasteiger partial charge on any atom is 0.321 e. The van der Waals surface area contributed by atoms with Crippen LogP contribution in [0.5, 0.6) is 5.75 Å². The Bertz CT molecular complexity index is 548. The van der Waals surface area contributed by atoms with Gasteiger partial charge in [-0.2, -0.15) is 0 Å². The van der Waals surface area contributed by atoms with Gasteiger partial charge in [0.15, 0.2) is 0 Å². The molecule has 5 nitrogen and oxygen atoms in total. The van der Waals surface area contributed by atoms with Crippen LogP contribution >= 0.6 is 15.9 Å². The van der Waals surface area contributed by atoms with Crippen LogP contribution < -0.4 is 4.74 Å². The standard InChI is InChI=1S/C14H16BrNO4/c15-10-3-8-1-2-20-13(8)9(4-10)6-16-7-11(17)5-12(16)14(18)19/h3-4,11-12,17H,1-2,5-7H2,(H,18,19). The van der Waals surface area contributed by atoms with Crippen molar-refractivity contribution in [1.82, 2.24) is 4.90 Å². The molecule has 2 aliphatic rings. The van der Waals surface area contributed by atoms with Crippen molar-refractivity contribution in [3.05, 3.63) is 27.7 Å². The minimum atomic E-state index is -0.880. The Morgan fingerprint density at radius 1 is 1.50 bits per heavy atom. The number of aliphatic hydroxyl groups is 1. The van der Waals surface area contributed by atoms with Crippen molar-refractivity contribution < 1.29 is 19.7 Å². The van der Waals surface area contributed by atoms with Crippen LogP contribution in [0.2, 0.25) is 0 Å². The van der Waals surface area contributed by atoms with E-state index < -0.39 is 18.1 Å². The molecule has 0 bridgehead atoms. The highest BCUT2D eigenvalue weighted by Gasteiger charge is 2.36. The fourth-order valence-electron chi connectivity index (χ4n) is 2.99. The Kier molecular flexibility index (Phi) is 3.70. The quantitative estimate of drug-likeness (QED) is 0.869. The molecule has 2 N–H and O–H groups in total. The van der Waals surface area contributed by atoms with Crippen LogP contribution in [0, 0.1) is 0 Å². The second-order valence-electron chi connectivity index (χ2n) is 5.32. The van der Waals surface area contributed by atoms with Crippen molar-refractivity contribution in [1.29, 1.82) is 0 Å². The monoisotopic (exact) mass is 341 g/mol. The van der Waals surface area contributed by atoms with Crippen LogP contribution in [-0.2, 0) is 17.8 Å². The van der Waals surface area contributed by atoms with Crippen LogP contribution in [0.1, 0.15) is 17.5 Å². The van der Waals surface area contributed by atoms with Crippen LogP contribution in [0.15, 0.2) is 16.6 Å². The van der Waals surface area contributed by atoms with E-state index in [1.54, 1.807) is 4.90 Å². The number of aliphatic hydroxyl groups excluding tert-OH is 1. The minimum absolute atomic E-state index is 0.284. The zero-order valence-electron chi connectivity index (χ0n) is 10.9. The Morgan fingerprint density at radius 3 is 3.05 bits per heavy atom. The van der Waals surface area contributed by atoms with Gasteiger partial charge < -0.3 is 14.9 Å². The van der Waals surface area contributed by atoms with Gasteiger partial charge in [-0.3, -0.25) is 9.69 Å². The van der Waals surface area contributed by atoms with Crippen molar-refractivity contribution >= 4 is 21.9 Å². The zero-order chi connectivity index (χ0) is 14.3. The fourth-order valence-corrected chi connectivity index (χ4v) is 3.55. The lowest BCUT2D eigenvalue weighted by Crippen LogP contribution is -2.35. The molecule has 1 aromatic carbocycles. The van der Waals surface area contributed by atoms with Crippen molar-refractivity contribution in [2.45, 2.75) is 31.5 Å². The van der Waals surface area contributed by atoms with Gasteiger partial charge in [0.25, 0.3) is 0 Å². The number of carboxylic acids is 1. The first-order valence-corrected chi connectivity index (χ1v) is 7.43. The number of benzene rings is 1. The van der Waals surface area contributed by atoms with E-state index in [9.17, 15) is 15.0 Å². The van der Waals surface area contributed by atoms with E-state index in [4.69, 9.17) is 4.74 Å². The average molecular weight is 342 g/mol. The molecule has 2 aliphatic heterocycles. The molecular formula is C14H16BrNO4. The molecule has 108 valence electrons. The first kappa shape index (κ1) is 13.9. The molecule has 2 unspecified atom stereocenters. The second kappa shape index (κ2) is 5.35. The largest absolute Gasteiger partial charge is 0.493 e. The lowest BCUT2D eigenvalue weighted by molar-refractivity contribution is -0.142. The summed E-state index contributed by atoms with van der Waals surface area (Å²) in [4.78, 5) is 13.1. The summed E-state index contributed by atoms with van der Waals surface area (Å²) in [5.74, 6) is -0.00663. The van der Waals surface area contributed by atoms with E-state index in [0.717, 1.165) is 27.8 Å². The third kappa shape index (κ3) is 2.55. The maximum atomic E-state index is 11.3. The van der Waals surface area contributed by atoms with Crippen molar-refractivity contribution in [3.63, 3.8) is 0 Å². The smallest absolute Gasteiger partial charge is 0.321 e. The van der Waals surface area contributed by atoms with E-state index in [0.29, 0.717) is 19.7 Å². The Balaban J connectivity index is 1.86. The van der Waals surface area contributed by atoms with E-state index in [2.05, 4.69) is 15.9 Å². The molecule has 1 fully saturated rings. The molecule has 0 radical (unpaired) electrons. The van der Waals surface area contributed by atoms with Crippen molar-refractivity contribution in [2.75, 3.05) is 13.2 Å². The normalized spacial score (nSPS) is 25.5. The summed E-state index contributed by atoms with van der Waals surface area (Å²) < 4.78 is 6.64. The van der Waals surface area contributed by atoms with Gasteiger partial charge in [-0.1, -0.05) is 15.9 Å². The lowest BCUT2D eigenvalue weighted by Gasteiger charge is -2.22. The number of carbonyl (C=O) groups is 1. The third-order valence-corrected chi connectivity index (χ3v) is 4.32. The lowest BCUT2D eigenvalue weighted by atomic mass is 10.1. The van der Waals surface area contributed by atoms with E-state index in [1.807, 2.05) is 12.1 Å². The van der Waals surface area contributed by atoms with Gasteiger partial charge in [0.05, 0.1) is 12.7 Å². The predicted molar refractivity (Wildman–Crippen MR) is 75.8 cm³/mol. The molecule has 0 spiro atoms. The number of nitrogens with zero attached hydrogens (tertiary/aromatic N) is 1. The first-order chi connectivity index (χ1) is 9.54. The van der Waals surface area contributed by atoms with Crippen LogP contribution in [0.25, 0.3) is 0 Å². The number of carboxylic acid groups (broad SMARTS) is 1. The molecule has 20 heavy (non-hydrogen) atoms. The molecule has 1 saturated heterocycles. The Labute approximate surface area is 125 Å². The molecule has 0 aliphatic carbocycles. The molecular weight excluding hydrogens is 326 g/mol. The Hall–Kier alpha value is -1.11. The highest BCUT2D eigenvalue weighted by atomic mass is 79.9. The van der Waals surface area contributed by atoms with Crippen molar-refractivity contribution in [3.8, 4) is 5.75 Å².